The fourth-order valence-corrected chi connectivity index (χ4v) is 3.76. The average Bonchev–Trinajstić information content (AvgIpc) is 2.99. The van der Waals surface area contributed by atoms with Gasteiger partial charge in [-0.1, -0.05) is 23.7 Å². The Labute approximate surface area is 188 Å². The Morgan fingerprint density at radius 1 is 1.16 bits per heavy atom. The molecule has 12 heteroatoms. The van der Waals surface area contributed by atoms with E-state index in [1.54, 1.807) is 0 Å². The van der Waals surface area contributed by atoms with Crippen molar-refractivity contribution in [2.45, 2.75) is 6.61 Å². The van der Waals surface area contributed by atoms with E-state index in [2.05, 4.69) is 10.1 Å². The van der Waals surface area contributed by atoms with E-state index in [4.69, 9.17) is 11.6 Å². The SMILES string of the molecule is O=C(NCCN1C(=O)S/C(=C\c2ccc(OC(F)F)cc2)C1=O)c1cc(F)c(F)cc1Cl. The van der Waals surface area contributed by atoms with E-state index >= 15 is 0 Å². The highest BCUT2D eigenvalue weighted by Gasteiger charge is 2.34. The van der Waals surface area contributed by atoms with Crippen LogP contribution in [0.15, 0.2) is 41.3 Å². The quantitative estimate of drug-likeness (QED) is 0.348. The molecule has 0 saturated carbocycles. The molecular formula is C20H13ClF4N2O4S. The first kappa shape index (κ1) is 23.6. The largest absolute Gasteiger partial charge is 0.435 e. The maximum absolute atomic E-state index is 13.3. The van der Waals surface area contributed by atoms with Gasteiger partial charge in [0.1, 0.15) is 5.75 Å². The molecule has 0 spiro atoms. The monoisotopic (exact) mass is 488 g/mol. The number of amides is 3. The van der Waals surface area contributed by atoms with Gasteiger partial charge in [0.05, 0.1) is 15.5 Å². The molecule has 168 valence electrons. The number of hydrogen-bond donors (Lipinski definition) is 1. The van der Waals surface area contributed by atoms with Gasteiger partial charge in [-0.05, 0) is 47.7 Å². The molecule has 1 aliphatic heterocycles. The normalized spacial score (nSPS) is 15.1. The molecule has 0 bridgehead atoms. The zero-order valence-electron chi connectivity index (χ0n) is 15.9. The summed E-state index contributed by atoms with van der Waals surface area (Å²) in [6, 6.07) is 6.78. The lowest BCUT2D eigenvalue weighted by molar-refractivity contribution is -0.122. The van der Waals surface area contributed by atoms with Gasteiger partial charge in [-0.2, -0.15) is 8.78 Å². The molecule has 3 rings (SSSR count). The Hall–Kier alpha value is -3.05. The van der Waals surface area contributed by atoms with Crippen LogP contribution < -0.4 is 10.1 Å². The average molecular weight is 489 g/mol. The van der Waals surface area contributed by atoms with Crippen LogP contribution in [0.25, 0.3) is 6.08 Å². The van der Waals surface area contributed by atoms with Crippen molar-refractivity contribution in [3.8, 4) is 5.75 Å². The number of ether oxygens (including phenoxy) is 1. The zero-order chi connectivity index (χ0) is 23.4. The van der Waals surface area contributed by atoms with E-state index in [-0.39, 0.29) is 34.3 Å². The summed E-state index contributed by atoms with van der Waals surface area (Å²) in [5, 5.41) is 1.52. The number of nitrogens with one attached hydrogen (secondary N) is 1. The predicted octanol–water partition coefficient (Wildman–Crippen LogP) is 4.69. The van der Waals surface area contributed by atoms with Crippen LogP contribution in [0.5, 0.6) is 5.75 Å². The molecule has 0 aromatic heterocycles. The molecule has 6 nitrogen and oxygen atoms in total. The number of imide groups is 1. The summed E-state index contributed by atoms with van der Waals surface area (Å²) in [4.78, 5) is 37.7. The van der Waals surface area contributed by atoms with Crippen LogP contribution in [0.1, 0.15) is 15.9 Å². The van der Waals surface area contributed by atoms with Crippen LogP contribution in [0.3, 0.4) is 0 Å². The summed E-state index contributed by atoms with van der Waals surface area (Å²) >= 11 is 6.41. The van der Waals surface area contributed by atoms with E-state index in [0.717, 1.165) is 4.90 Å². The van der Waals surface area contributed by atoms with Gasteiger partial charge in [-0.15, -0.1) is 0 Å². The molecule has 1 aliphatic rings. The molecule has 0 atom stereocenters. The summed E-state index contributed by atoms with van der Waals surface area (Å²) < 4.78 is 55.1. The zero-order valence-corrected chi connectivity index (χ0v) is 17.5. The van der Waals surface area contributed by atoms with Crippen LogP contribution in [0.2, 0.25) is 5.02 Å². The number of hydrogen-bond acceptors (Lipinski definition) is 5. The molecule has 2 aromatic carbocycles. The summed E-state index contributed by atoms with van der Waals surface area (Å²) in [7, 11) is 0. The van der Waals surface area contributed by atoms with Gasteiger partial charge in [0.25, 0.3) is 17.1 Å². The lowest BCUT2D eigenvalue weighted by Crippen LogP contribution is -2.37. The van der Waals surface area contributed by atoms with Crippen molar-refractivity contribution < 1.29 is 36.7 Å². The Bertz CT molecular complexity index is 1100. The van der Waals surface area contributed by atoms with Crippen molar-refractivity contribution >= 4 is 46.5 Å². The lowest BCUT2D eigenvalue weighted by Gasteiger charge is -2.13. The fraction of sp³-hybridized carbons (Fsp3) is 0.150. The van der Waals surface area contributed by atoms with Gasteiger partial charge in [0.2, 0.25) is 0 Å². The molecule has 0 aliphatic carbocycles. The van der Waals surface area contributed by atoms with E-state index in [9.17, 15) is 31.9 Å². The standard InChI is InChI=1S/C20H13ClF4N2O4S/c21-13-9-15(23)14(22)8-12(13)17(28)26-5-6-27-18(29)16(32-20(27)30)7-10-1-3-11(4-2-10)31-19(24)25/h1-4,7-9,19H,5-6H2,(H,26,28)/b16-7-. The Morgan fingerprint density at radius 2 is 1.81 bits per heavy atom. The van der Waals surface area contributed by atoms with Gasteiger partial charge in [-0.25, -0.2) is 8.78 Å². The first-order chi connectivity index (χ1) is 15.2. The number of alkyl halides is 2. The molecule has 1 saturated heterocycles. The number of nitrogens with zero attached hydrogens (tertiary/aromatic N) is 1. The van der Waals surface area contributed by atoms with E-state index in [1.165, 1.54) is 30.3 Å². The molecule has 2 aromatic rings. The number of thioether (sulfide) groups is 1. The minimum Gasteiger partial charge on any atom is -0.435 e. The maximum Gasteiger partial charge on any atom is 0.387 e. The lowest BCUT2D eigenvalue weighted by atomic mass is 10.2. The second kappa shape index (κ2) is 10.0. The van der Waals surface area contributed by atoms with Crippen molar-refractivity contribution in [2.75, 3.05) is 13.1 Å². The van der Waals surface area contributed by atoms with Crippen molar-refractivity contribution in [1.82, 2.24) is 10.2 Å². The number of halogens is 5. The maximum atomic E-state index is 13.3. The van der Waals surface area contributed by atoms with Crippen molar-refractivity contribution in [2.24, 2.45) is 0 Å². The highest BCUT2D eigenvalue weighted by Crippen LogP contribution is 2.32. The number of rotatable bonds is 7. The first-order valence-corrected chi connectivity index (χ1v) is 10.1. The smallest absolute Gasteiger partial charge is 0.387 e. The molecule has 0 unspecified atom stereocenters. The van der Waals surface area contributed by atoms with Crippen molar-refractivity contribution in [1.29, 1.82) is 0 Å². The van der Waals surface area contributed by atoms with Gasteiger partial charge in [0, 0.05) is 13.1 Å². The highest BCUT2D eigenvalue weighted by molar-refractivity contribution is 8.18. The van der Waals surface area contributed by atoms with Crippen LogP contribution in [-0.4, -0.2) is 41.7 Å². The molecule has 1 fully saturated rings. The van der Waals surface area contributed by atoms with Crippen molar-refractivity contribution in [3.05, 3.63) is 69.1 Å². The molecule has 3 amide bonds. The van der Waals surface area contributed by atoms with Gasteiger partial charge in [-0.3, -0.25) is 19.3 Å². The molecular weight excluding hydrogens is 476 g/mol. The minimum atomic E-state index is -2.96. The molecule has 1 heterocycles. The topological polar surface area (TPSA) is 75.7 Å². The van der Waals surface area contributed by atoms with Crippen molar-refractivity contribution in [3.63, 3.8) is 0 Å². The second-order valence-corrected chi connectivity index (χ2v) is 7.68. The number of carbonyl (C=O) groups excluding carboxylic acids is 3. The van der Waals surface area contributed by atoms with Crippen LogP contribution in [0.4, 0.5) is 22.4 Å². The highest BCUT2D eigenvalue weighted by atomic mass is 35.5. The van der Waals surface area contributed by atoms with E-state index < -0.39 is 35.3 Å². The van der Waals surface area contributed by atoms with Gasteiger partial charge in [0.15, 0.2) is 11.6 Å². The van der Waals surface area contributed by atoms with Gasteiger partial charge < -0.3 is 10.1 Å². The summed E-state index contributed by atoms with van der Waals surface area (Å²) in [5.41, 5.74) is 0.192. The molecule has 0 radical (unpaired) electrons. The third-order valence-corrected chi connectivity index (χ3v) is 5.37. The number of benzene rings is 2. The predicted molar refractivity (Wildman–Crippen MR) is 109 cm³/mol. The summed E-state index contributed by atoms with van der Waals surface area (Å²) in [5.74, 6) is -3.91. The Morgan fingerprint density at radius 3 is 2.47 bits per heavy atom. The van der Waals surface area contributed by atoms with Crippen LogP contribution in [0, 0.1) is 11.6 Å². The Kier molecular flexibility index (Phi) is 7.41. The fourth-order valence-electron chi connectivity index (χ4n) is 2.66. The third kappa shape index (κ3) is 5.60. The number of carbonyl (C=O) groups is 3. The van der Waals surface area contributed by atoms with Crippen LogP contribution >= 0.6 is 23.4 Å². The third-order valence-electron chi connectivity index (χ3n) is 4.15. The molecule has 32 heavy (non-hydrogen) atoms. The summed E-state index contributed by atoms with van der Waals surface area (Å²) in [6.45, 7) is -3.29. The first-order valence-electron chi connectivity index (χ1n) is 8.88. The van der Waals surface area contributed by atoms with E-state index in [0.29, 0.717) is 29.5 Å². The summed E-state index contributed by atoms with van der Waals surface area (Å²) in [6.07, 6.45) is 1.41. The molecule has 1 N–H and O–H groups in total. The minimum absolute atomic E-state index is 0.0536. The second-order valence-electron chi connectivity index (χ2n) is 6.28. The van der Waals surface area contributed by atoms with Crippen LogP contribution in [-0.2, 0) is 4.79 Å². The van der Waals surface area contributed by atoms with E-state index in [1.807, 2.05) is 0 Å². The Balaban J connectivity index is 1.60. The van der Waals surface area contributed by atoms with Gasteiger partial charge >= 0.3 is 6.61 Å².